The summed E-state index contributed by atoms with van der Waals surface area (Å²) in [6.45, 7) is 4.76. The molecule has 2 heteroatoms. The Labute approximate surface area is 143 Å². The summed E-state index contributed by atoms with van der Waals surface area (Å²) in [5.74, 6) is 0. The van der Waals surface area contributed by atoms with Crippen LogP contribution in [0, 0.1) is 0 Å². The Bertz CT molecular complexity index is 693. The first kappa shape index (κ1) is 14.6. The average molecular weight is 405 g/mol. The standard InChI is InChI=1S/C20H19Ge2/c1-14-13-18(21-15(14)2)22-19(16-9-5-3-6-10-16)20(22)17-11-7-4-8-12-17/h3-12,18H,13H2,1-2H3. The zero-order valence-corrected chi connectivity index (χ0v) is 17.3. The van der Waals surface area contributed by atoms with E-state index in [0.29, 0.717) is 0 Å². The molecule has 2 aromatic carbocycles. The first-order chi connectivity index (χ1) is 10.8. The van der Waals surface area contributed by atoms with Crippen LogP contribution in [0.4, 0.5) is 0 Å². The minimum absolute atomic E-state index is 0.123. The number of rotatable bonds is 3. The van der Waals surface area contributed by atoms with E-state index in [1.54, 1.807) is 18.8 Å². The number of allylic oxidation sites excluding steroid dienone is 2. The van der Waals surface area contributed by atoms with E-state index >= 15 is 0 Å². The summed E-state index contributed by atoms with van der Waals surface area (Å²) in [5.41, 5.74) is 4.71. The fourth-order valence-corrected chi connectivity index (χ4v) is 20.3. The van der Waals surface area contributed by atoms with E-state index in [2.05, 4.69) is 74.5 Å². The van der Waals surface area contributed by atoms with Crippen molar-refractivity contribution in [3.63, 3.8) is 0 Å². The molecule has 2 aliphatic heterocycles. The molecule has 0 N–H and O–H groups in total. The molecule has 4 rings (SSSR count). The van der Waals surface area contributed by atoms with E-state index in [4.69, 9.17) is 0 Å². The van der Waals surface area contributed by atoms with Gasteiger partial charge in [0.05, 0.1) is 0 Å². The van der Waals surface area contributed by atoms with Crippen molar-refractivity contribution in [2.75, 3.05) is 0 Å². The Morgan fingerprint density at radius 3 is 1.73 bits per heavy atom. The molecule has 0 bridgehead atoms. The Kier molecular flexibility index (Phi) is 3.91. The molecule has 0 saturated carbocycles. The van der Waals surface area contributed by atoms with Crippen molar-refractivity contribution in [3.05, 3.63) is 81.8 Å². The molecule has 0 saturated heterocycles. The Morgan fingerprint density at radius 1 is 0.818 bits per heavy atom. The number of hydrogen-bond donors (Lipinski definition) is 0. The van der Waals surface area contributed by atoms with Gasteiger partial charge in [-0.2, -0.15) is 0 Å². The van der Waals surface area contributed by atoms with Crippen molar-refractivity contribution in [1.82, 2.24) is 0 Å². The Hall–Kier alpha value is -0.994. The quantitative estimate of drug-likeness (QED) is 0.638. The molecule has 0 aromatic heterocycles. The zero-order chi connectivity index (χ0) is 15.1. The van der Waals surface area contributed by atoms with Crippen LogP contribution in [-0.4, -0.2) is 29.8 Å². The van der Waals surface area contributed by atoms with E-state index in [1.165, 1.54) is 17.5 Å². The molecule has 0 fully saturated rings. The normalized spacial score (nSPS) is 21.6. The predicted octanol–water partition coefficient (Wildman–Crippen LogP) is 4.91. The molecule has 0 amide bonds. The molecule has 0 aliphatic carbocycles. The van der Waals surface area contributed by atoms with Crippen LogP contribution in [0.1, 0.15) is 31.4 Å². The second-order valence-electron chi connectivity index (χ2n) is 6.20. The number of hydrogen-bond acceptors (Lipinski definition) is 0. The van der Waals surface area contributed by atoms with Gasteiger partial charge in [0.25, 0.3) is 0 Å². The summed E-state index contributed by atoms with van der Waals surface area (Å²) in [6.07, 6.45) is 1.40. The van der Waals surface area contributed by atoms with Gasteiger partial charge in [-0.25, -0.2) is 0 Å². The summed E-state index contributed by atoms with van der Waals surface area (Å²) >= 11 is -1.08. The molecule has 0 nitrogen and oxygen atoms in total. The second-order valence-corrected chi connectivity index (χ2v) is 17.7. The van der Waals surface area contributed by atoms with Crippen molar-refractivity contribution < 1.29 is 0 Å². The minimum atomic E-state index is -1.20. The summed E-state index contributed by atoms with van der Waals surface area (Å²) in [5, 5.41) is 0. The predicted molar refractivity (Wildman–Crippen MR) is 97.9 cm³/mol. The van der Waals surface area contributed by atoms with E-state index in [1.807, 2.05) is 0 Å². The Balaban J connectivity index is 1.69. The average Bonchev–Trinajstić information content (AvgIpc) is 3.22. The third kappa shape index (κ3) is 2.57. The van der Waals surface area contributed by atoms with Crippen molar-refractivity contribution in [1.29, 1.82) is 0 Å². The van der Waals surface area contributed by atoms with Crippen molar-refractivity contribution in [2.45, 2.75) is 23.9 Å². The summed E-state index contributed by atoms with van der Waals surface area (Å²) in [4.78, 5) is 0. The van der Waals surface area contributed by atoms with Crippen LogP contribution in [0.2, 0.25) is 3.58 Å². The molecule has 1 unspecified atom stereocenters. The van der Waals surface area contributed by atoms with Crippen LogP contribution in [0.3, 0.4) is 0 Å². The SMILES string of the molecule is CC1=[C](C)[Ge][CH]([Ge]2[C](c3ccccc3)=[C]2c2ccccc2)C1. The maximum absolute atomic E-state index is 2.39. The molecule has 107 valence electrons. The van der Waals surface area contributed by atoms with Crippen LogP contribution in [0.15, 0.2) is 70.6 Å². The van der Waals surface area contributed by atoms with Gasteiger partial charge in [0.1, 0.15) is 0 Å². The molecular weight excluding hydrogens is 385 g/mol. The van der Waals surface area contributed by atoms with Crippen LogP contribution < -0.4 is 0 Å². The van der Waals surface area contributed by atoms with Gasteiger partial charge in [-0.3, -0.25) is 0 Å². The monoisotopic (exact) mass is 407 g/mol. The molecule has 2 aromatic rings. The summed E-state index contributed by atoms with van der Waals surface area (Å²) in [6, 6.07) is 22.3. The molecular formula is C20H19Ge2. The maximum atomic E-state index is 2.39. The molecule has 2 aliphatic rings. The first-order valence-corrected chi connectivity index (χ1v) is 13.5. The molecule has 2 heterocycles. The van der Waals surface area contributed by atoms with Crippen molar-refractivity contribution in [3.8, 4) is 0 Å². The fourth-order valence-electron chi connectivity index (χ4n) is 3.43. The topological polar surface area (TPSA) is 0 Å². The molecule has 3 radical (unpaired) electrons. The van der Waals surface area contributed by atoms with Crippen LogP contribution in [0.5, 0.6) is 0 Å². The molecule has 22 heavy (non-hydrogen) atoms. The summed E-state index contributed by atoms with van der Waals surface area (Å²) in [7, 11) is 0. The van der Waals surface area contributed by atoms with Gasteiger partial charge in [0.2, 0.25) is 0 Å². The van der Waals surface area contributed by atoms with E-state index in [9.17, 15) is 0 Å². The first-order valence-electron chi connectivity index (χ1n) is 7.91. The van der Waals surface area contributed by atoms with Gasteiger partial charge < -0.3 is 0 Å². The fraction of sp³-hybridized carbons (Fsp3) is 0.200. The van der Waals surface area contributed by atoms with E-state index in [0.717, 1.165) is 3.58 Å². The van der Waals surface area contributed by atoms with Crippen LogP contribution >= 0.6 is 0 Å². The molecule has 0 spiro atoms. The van der Waals surface area contributed by atoms with Gasteiger partial charge in [-0.1, -0.05) is 0 Å². The van der Waals surface area contributed by atoms with Gasteiger partial charge in [0, 0.05) is 0 Å². The van der Waals surface area contributed by atoms with E-state index < -0.39 is 14.3 Å². The van der Waals surface area contributed by atoms with Crippen LogP contribution in [-0.2, 0) is 0 Å². The molecule has 1 atom stereocenters. The van der Waals surface area contributed by atoms with Gasteiger partial charge in [0.15, 0.2) is 0 Å². The summed E-state index contributed by atoms with van der Waals surface area (Å²) < 4.78 is 6.40. The zero-order valence-electron chi connectivity index (χ0n) is 13.1. The van der Waals surface area contributed by atoms with E-state index in [-0.39, 0.29) is 15.4 Å². The van der Waals surface area contributed by atoms with Crippen molar-refractivity contribution >= 4 is 38.6 Å². The van der Waals surface area contributed by atoms with Gasteiger partial charge in [-0.05, 0) is 0 Å². The third-order valence-corrected chi connectivity index (χ3v) is 18.3. The number of benzene rings is 2. The second kappa shape index (κ2) is 5.90. The van der Waals surface area contributed by atoms with Crippen molar-refractivity contribution in [2.24, 2.45) is 0 Å². The van der Waals surface area contributed by atoms with Gasteiger partial charge >= 0.3 is 144 Å². The Morgan fingerprint density at radius 2 is 1.32 bits per heavy atom. The third-order valence-electron chi connectivity index (χ3n) is 4.74. The van der Waals surface area contributed by atoms with Crippen LogP contribution in [0.25, 0.3) is 8.81 Å². The van der Waals surface area contributed by atoms with Gasteiger partial charge in [-0.15, -0.1) is 0 Å².